The summed E-state index contributed by atoms with van der Waals surface area (Å²) in [6, 6.07) is 15.3. The minimum Gasteiger partial charge on any atom is -0.415 e. The molecule has 1 aliphatic heterocycles. The van der Waals surface area contributed by atoms with Gasteiger partial charge in [-0.1, -0.05) is 68.8 Å². The largest absolute Gasteiger partial charge is 0.415 e. The summed E-state index contributed by atoms with van der Waals surface area (Å²) < 4.78 is 40.8. The van der Waals surface area contributed by atoms with Crippen LogP contribution in [-0.4, -0.2) is 45.7 Å². The second kappa shape index (κ2) is 10.2. The van der Waals surface area contributed by atoms with Crippen LogP contribution in [0.3, 0.4) is 0 Å². The van der Waals surface area contributed by atoms with Gasteiger partial charge in [0.2, 0.25) is 0 Å². The average Bonchev–Trinajstić information content (AvgIpc) is 2.77. The molecule has 2 atom stereocenters. The van der Waals surface area contributed by atoms with Crippen molar-refractivity contribution < 1.29 is 22.4 Å². The lowest BCUT2D eigenvalue weighted by molar-refractivity contribution is -0.127. The Morgan fingerprint density at radius 1 is 1.00 bits per heavy atom. The molecule has 0 saturated carbocycles. The number of carbonyl (C=O) groups excluding carboxylic acids is 1. The van der Waals surface area contributed by atoms with Gasteiger partial charge in [-0.2, -0.15) is 0 Å². The van der Waals surface area contributed by atoms with Crippen molar-refractivity contribution in [3.63, 3.8) is 0 Å². The molecule has 0 saturated heterocycles. The van der Waals surface area contributed by atoms with E-state index in [1.165, 1.54) is 18.2 Å². The second-order valence-electron chi connectivity index (χ2n) is 10.2. The molecule has 0 aliphatic carbocycles. The van der Waals surface area contributed by atoms with Crippen LogP contribution in [0.2, 0.25) is 18.1 Å². The molecular formula is C26H35NO5SSi. The molecule has 0 radical (unpaired) electrons. The number of hydrogen-bond donors (Lipinski definition) is 0. The first-order chi connectivity index (χ1) is 15.8. The lowest BCUT2D eigenvalue weighted by Crippen LogP contribution is -2.56. The Morgan fingerprint density at radius 2 is 1.62 bits per heavy atom. The fourth-order valence-electron chi connectivity index (χ4n) is 3.40. The van der Waals surface area contributed by atoms with Crippen LogP contribution in [0.4, 0.5) is 0 Å². The van der Waals surface area contributed by atoms with Gasteiger partial charge in [0, 0.05) is 6.08 Å². The maximum atomic E-state index is 13.6. The summed E-state index contributed by atoms with van der Waals surface area (Å²) in [4.78, 5) is 13.1. The third kappa shape index (κ3) is 5.86. The summed E-state index contributed by atoms with van der Waals surface area (Å²) in [5.41, 5.74) is 1.90. The topological polar surface area (TPSA) is 72.9 Å². The predicted molar refractivity (Wildman–Crippen MR) is 136 cm³/mol. The molecule has 0 spiro atoms. The summed E-state index contributed by atoms with van der Waals surface area (Å²) in [5.74, 6) is -0.594. The van der Waals surface area contributed by atoms with E-state index in [0.29, 0.717) is 6.61 Å². The Bertz CT molecular complexity index is 1120. The van der Waals surface area contributed by atoms with Crippen LogP contribution < -0.4 is 0 Å². The van der Waals surface area contributed by atoms with Gasteiger partial charge in [0.1, 0.15) is 12.1 Å². The third-order valence-corrected chi connectivity index (χ3v) is 12.9. The van der Waals surface area contributed by atoms with Gasteiger partial charge in [-0.25, -0.2) is 12.7 Å². The number of rotatable bonds is 8. The first-order valence-electron chi connectivity index (χ1n) is 11.5. The van der Waals surface area contributed by atoms with Gasteiger partial charge in [0.15, 0.2) is 8.32 Å². The molecule has 0 bridgehead atoms. The molecule has 6 nitrogen and oxygen atoms in total. The Kier molecular flexibility index (Phi) is 7.87. The first kappa shape index (κ1) is 26.3. The highest BCUT2D eigenvalue weighted by Crippen LogP contribution is 2.37. The van der Waals surface area contributed by atoms with Crippen LogP contribution in [0, 0.1) is 6.92 Å². The van der Waals surface area contributed by atoms with Crippen molar-refractivity contribution in [2.45, 2.75) is 69.5 Å². The van der Waals surface area contributed by atoms with Crippen molar-refractivity contribution >= 4 is 24.2 Å². The van der Waals surface area contributed by atoms with Crippen LogP contribution in [-0.2, 0) is 30.6 Å². The number of carbonyl (C=O) groups is 1. The number of sulfonamides is 1. The van der Waals surface area contributed by atoms with E-state index in [-0.39, 0.29) is 16.5 Å². The van der Waals surface area contributed by atoms with E-state index in [0.717, 1.165) is 15.4 Å². The summed E-state index contributed by atoms with van der Waals surface area (Å²) in [6.07, 6.45) is 2.29. The molecule has 1 aliphatic rings. The molecule has 34 heavy (non-hydrogen) atoms. The van der Waals surface area contributed by atoms with Crippen molar-refractivity contribution in [1.29, 1.82) is 0 Å². The van der Waals surface area contributed by atoms with Gasteiger partial charge in [0.25, 0.3) is 15.9 Å². The predicted octanol–water partition coefficient (Wildman–Crippen LogP) is 5.06. The molecular weight excluding hydrogens is 466 g/mol. The van der Waals surface area contributed by atoms with Gasteiger partial charge in [0.05, 0.1) is 18.1 Å². The Labute approximate surface area is 204 Å². The van der Waals surface area contributed by atoms with E-state index >= 15 is 0 Å². The zero-order chi connectivity index (χ0) is 25.1. The Hall–Kier alpha value is -2.26. The standard InChI is InChI=1S/C26H35NO5SSi/c1-20-12-14-22(15-13-20)33(29,30)27-23(19-32-34(5,6)26(2,3)4)24(16-17-25(27)28)31-18-21-10-8-7-9-11-21/h7-17,23-24H,18-19H2,1-6H3/t23-,24-/m0/s1. The van der Waals surface area contributed by atoms with E-state index in [4.69, 9.17) is 9.16 Å². The van der Waals surface area contributed by atoms with Gasteiger partial charge < -0.3 is 9.16 Å². The van der Waals surface area contributed by atoms with E-state index in [2.05, 4.69) is 33.9 Å². The molecule has 1 amide bonds. The summed E-state index contributed by atoms with van der Waals surface area (Å²) >= 11 is 0. The molecule has 1 heterocycles. The monoisotopic (exact) mass is 501 g/mol. The Balaban J connectivity index is 1.96. The van der Waals surface area contributed by atoms with Crippen LogP contribution in [0.1, 0.15) is 31.9 Å². The maximum absolute atomic E-state index is 13.6. The first-order valence-corrected chi connectivity index (χ1v) is 15.8. The van der Waals surface area contributed by atoms with Crippen LogP contribution in [0.5, 0.6) is 0 Å². The normalized spacial score (nSPS) is 19.5. The highest BCUT2D eigenvalue weighted by Gasteiger charge is 2.44. The van der Waals surface area contributed by atoms with Crippen molar-refractivity contribution in [2.24, 2.45) is 0 Å². The number of amides is 1. The quantitative estimate of drug-likeness (QED) is 0.473. The molecule has 0 N–H and O–H groups in total. The molecule has 184 valence electrons. The molecule has 2 aromatic rings. The summed E-state index contributed by atoms with van der Waals surface area (Å²) in [6.45, 7) is 12.8. The van der Waals surface area contributed by atoms with Crippen molar-refractivity contribution in [3.8, 4) is 0 Å². The molecule has 0 fully saturated rings. The number of hydrogen-bond acceptors (Lipinski definition) is 5. The van der Waals surface area contributed by atoms with Gasteiger partial charge in [-0.05, 0) is 48.8 Å². The Morgan fingerprint density at radius 3 is 2.21 bits per heavy atom. The third-order valence-electron chi connectivity index (χ3n) is 6.61. The van der Waals surface area contributed by atoms with Crippen molar-refractivity contribution in [1.82, 2.24) is 4.31 Å². The van der Waals surface area contributed by atoms with Crippen LogP contribution >= 0.6 is 0 Å². The SMILES string of the molecule is Cc1ccc(S(=O)(=O)N2C(=O)C=C[C@H](OCc3ccccc3)[C@@H]2CO[Si](C)(C)C(C)(C)C)cc1. The number of nitrogens with zero attached hydrogens (tertiary/aromatic N) is 1. The second-order valence-corrected chi connectivity index (χ2v) is 16.8. The average molecular weight is 502 g/mol. The van der Waals surface area contributed by atoms with E-state index < -0.39 is 36.4 Å². The molecule has 8 heteroatoms. The molecule has 2 aromatic carbocycles. The smallest absolute Gasteiger partial charge is 0.267 e. The lowest BCUT2D eigenvalue weighted by Gasteiger charge is -2.41. The number of aryl methyl sites for hydroxylation is 1. The molecule has 0 aromatic heterocycles. The maximum Gasteiger partial charge on any atom is 0.267 e. The van der Waals surface area contributed by atoms with E-state index in [1.54, 1.807) is 18.2 Å². The lowest BCUT2D eigenvalue weighted by atomic mass is 10.1. The zero-order valence-electron chi connectivity index (χ0n) is 20.8. The van der Waals surface area contributed by atoms with E-state index in [9.17, 15) is 13.2 Å². The summed E-state index contributed by atoms with van der Waals surface area (Å²) in [7, 11) is -6.32. The highest BCUT2D eigenvalue weighted by molar-refractivity contribution is 7.89. The minimum absolute atomic E-state index is 0.0666. The number of benzene rings is 2. The van der Waals surface area contributed by atoms with Gasteiger partial charge >= 0.3 is 0 Å². The van der Waals surface area contributed by atoms with Gasteiger partial charge in [-0.3, -0.25) is 4.79 Å². The molecule has 3 rings (SSSR count). The fourth-order valence-corrected chi connectivity index (χ4v) is 5.96. The van der Waals surface area contributed by atoms with E-state index in [1.807, 2.05) is 37.3 Å². The molecule has 0 unspecified atom stereocenters. The van der Waals surface area contributed by atoms with Crippen LogP contribution in [0.25, 0.3) is 0 Å². The van der Waals surface area contributed by atoms with Crippen molar-refractivity contribution in [3.05, 3.63) is 77.9 Å². The van der Waals surface area contributed by atoms with Crippen LogP contribution in [0.15, 0.2) is 71.6 Å². The van der Waals surface area contributed by atoms with Gasteiger partial charge in [-0.15, -0.1) is 0 Å². The zero-order valence-corrected chi connectivity index (χ0v) is 22.6. The number of ether oxygens (including phenoxy) is 1. The minimum atomic E-state index is -4.11. The highest BCUT2D eigenvalue weighted by atomic mass is 32.2. The fraction of sp³-hybridized carbons (Fsp3) is 0.423. The van der Waals surface area contributed by atoms with Crippen molar-refractivity contribution in [2.75, 3.05) is 6.61 Å². The summed E-state index contributed by atoms with van der Waals surface area (Å²) in [5, 5.41) is -0.0669.